The van der Waals surface area contributed by atoms with Crippen molar-refractivity contribution in [1.82, 2.24) is 9.97 Å². The number of benzene rings is 1. The standard InChI is InChI=1S/C11H10N2O3/c1-15-11(14)7-16-8-2-3-9-10(6-8)13-5-4-12-9/h2-6H,7H2,1H3. The van der Waals surface area contributed by atoms with E-state index < -0.39 is 5.97 Å². The lowest BCUT2D eigenvalue weighted by atomic mass is 10.3. The molecule has 0 aliphatic heterocycles. The number of methoxy groups -OCH3 is 1. The van der Waals surface area contributed by atoms with Crippen LogP contribution in [-0.4, -0.2) is 29.7 Å². The van der Waals surface area contributed by atoms with Crippen LogP contribution in [0.1, 0.15) is 0 Å². The van der Waals surface area contributed by atoms with E-state index >= 15 is 0 Å². The first-order valence-corrected chi connectivity index (χ1v) is 4.70. The molecule has 82 valence electrons. The second-order valence-corrected chi connectivity index (χ2v) is 3.07. The molecule has 2 rings (SSSR count). The Hall–Kier alpha value is -2.17. The molecule has 0 spiro atoms. The van der Waals surface area contributed by atoms with Gasteiger partial charge in [0.05, 0.1) is 18.1 Å². The number of carbonyl (C=O) groups is 1. The van der Waals surface area contributed by atoms with Crippen molar-refractivity contribution < 1.29 is 14.3 Å². The van der Waals surface area contributed by atoms with E-state index in [1.54, 1.807) is 30.6 Å². The molecular formula is C11H10N2O3. The fourth-order valence-corrected chi connectivity index (χ4v) is 1.23. The van der Waals surface area contributed by atoms with Gasteiger partial charge in [0.15, 0.2) is 6.61 Å². The molecule has 1 heterocycles. The van der Waals surface area contributed by atoms with Crippen LogP contribution in [0.3, 0.4) is 0 Å². The molecule has 0 radical (unpaired) electrons. The number of hydrogen-bond donors (Lipinski definition) is 0. The zero-order valence-electron chi connectivity index (χ0n) is 8.71. The number of fused-ring (bicyclic) bond motifs is 1. The summed E-state index contributed by atoms with van der Waals surface area (Å²) in [5.74, 6) is 0.151. The van der Waals surface area contributed by atoms with Gasteiger partial charge < -0.3 is 9.47 Å². The molecule has 0 atom stereocenters. The Labute approximate surface area is 92.0 Å². The molecule has 0 fully saturated rings. The van der Waals surface area contributed by atoms with Gasteiger partial charge in [-0.05, 0) is 12.1 Å². The van der Waals surface area contributed by atoms with E-state index in [9.17, 15) is 4.79 Å². The van der Waals surface area contributed by atoms with Crippen LogP contribution in [0.25, 0.3) is 11.0 Å². The Kier molecular flexibility index (Phi) is 2.95. The summed E-state index contributed by atoms with van der Waals surface area (Å²) in [4.78, 5) is 19.1. The molecule has 0 aliphatic rings. The minimum Gasteiger partial charge on any atom is -0.482 e. The van der Waals surface area contributed by atoms with Gasteiger partial charge in [-0.15, -0.1) is 0 Å². The predicted octanol–water partition coefficient (Wildman–Crippen LogP) is 1.18. The summed E-state index contributed by atoms with van der Waals surface area (Å²) in [7, 11) is 1.32. The molecule has 0 amide bonds. The van der Waals surface area contributed by atoms with Crippen molar-refractivity contribution in [1.29, 1.82) is 0 Å². The Bertz CT molecular complexity index is 513. The summed E-state index contributed by atoms with van der Waals surface area (Å²) in [6, 6.07) is 5.25. The van der Waals surface area contributed by atoms with Crippen LogP contribution in [0.4, 0.5) is 0 Å². The first-order chi connectivity index (χ1) is 7.79. The molecule has 2 aromatic rings. The molecule has 0 bridgehead atoms. The van der Waals surface area contributed by atoms with Crippen molar-refractivity contribution in [3.05, 3.63) is 30.6 Å². The van der Waals surface area contributed by atoms with E-state index in [2.05, 4.69) is 14.7 Å². The molecule has 0 saturated heterocycles. The number of esters is 1. The SMILES string of the molecule is COC(=O)COc1ccc2nccnc2c1. The molecule has 16 heavy (non-hydrogen) atoms. The highest BCUT2D eigenvalue weighted by molar-refractivity contribution is 5.76. The van der Waals surface area contributed by atoms with Crippen LogP contribution in [0.5, 0.6) is 5.75 Å². The lowest BCUT2D eigenvalue weighted by Crippen LogP contribution is -2.12. The van der Waals surface area contributed by atoms with E-state index in [4.69, 9.17) is 4.74 Å². The van der Waals surface area contributed by atoms with E-state index in [1.807, 2.05) is 0 Å². The summed E-state index contributed by atoms with van der Waals surface area (Å²) in [6.07, 6.45) is 3.23. The van der Waals surface area contributed by atoms with Crippen LogP contribution in [0, 0.1) is 0 Å². The van der Waals surface area contributed by atoms with Gasteiger partial charge in [-0.3, -0.25) is 9.97 Å². The molecule has 0 N–H and O–H groups in total. The van der Waals surface area contributed by atoms with Gasteiger partial charge in [0.2, 0.25) is 0 Å². The highest BCUT2D eigenvalue weighted by Gasteiger charge is 2.03. The third-order valence-corrected chi connectivity index (χ3v) is 2.03. The van der Waals surface area contributed by atoms with Crippen molar-refractivity contribution in [2.45, 2.75) is 0 Å². The molecule has 0 unspecified atom stereocenters. The quantitative estimate of drug-likeness (QED) is 0.724. The summed E-state index contributed by atoms with van der Waals surface area (Å²) in [5.41, 5.74) is 1.51. The molecule has 5 heteroatoms. The molecule has 1 aromatic carbocycles. The first-order valence-electron chi connectivity index (χ1n) is 4.70. The van der Waals surface area contributed by atoms with Crippen LogP contribution < -0.4 is 4.74 Å². The summed E-state index contributed by atoms with van der Waals surface area (Å²) < 4.78 is 9.69. The zero-order chi connectivity index (χ0) is 11.4. The largest absolute Gasteiger partial charge is 0.482 e. The maximum Gasteiger partial charge on any atom is 0.343 e. The van der Waals surface area contributed by atoms with E-state index in [-0.39, 0.29) is 6.61 Å². The third kappa shape index (κ3) is 2.25. The second kappa shape index (κ2) is 4.57. The maximum absolute atomic E-state index is 10.9. The Balaban J connectivity index is 2.16. The molecular weight excluding hydrogens is 208 g/mol. The van der Waals surface area contributed by atoms with Crippen molar-refractivity contribution in [2.75, 3.05) is 13.7 Å². The average molecular weight is 218 g/mol. The fourth-order valence-electron chi connectivity index (χ4n) is 1.23. The number of nitrogens with zero attached hydrogens (tertiary/aromatic N) is 2. The van der Waals surface area contributed by atoms with Crippen LogP contribution >= 0.6 is 0 Å². The smallest absolute Gasteiger partial charge is 0.343 e. The topological polar surface area (TPSA) is 61.3 Å². The van der Waals surface area contributed by atoms with Gasteiger partial charge in [-0.25, -0.2) is 4.79 Å². The normalized spacial score (nSPS) is 10.1. The van der Waals surface area contributed by atoms with E-state index in [0.29, 0.717) is 5.75 Å². The lowest BCUT2D eigenvalue weighted by Gasteiger charge is -2.04. The van der Waals surface area contributed by atoms with Crippen molar-refractivity contribution in [3.63, 3.8) is 0 Å². The molecule has 0 saturated carbocycles. The monoisotopic (exact) mass is 218 g/mol. The lowest BCUT2D eigenvalue weighted by molar-refractivity contribution is -0.142. The summed E-state index contributed by atoms with van der Waals surface area (Å²) in [6.45, 7) is -0.109. The van der Waals surface area contributed by atoms with Crippen molar-refractivity contribution in [2.24, 2.45) is 0 Å². The van der Waals surface area contributed by atoms with Gasteiger partial charge in [0.25, 0.3) is 0 Å². The van der Waals surface area contributed by atoms with Crippen molar-refractivity contribution >= 4 is 17.0 Å². The Morgan fingerprint density at radius 2 is 2.00 bits per heavy atom. The summed E-state index contributed by atoms with van der Waals surface area (Å²) >= 11 is 0. The highest BCUT2D eigenvalue weighted by atomic mass is 16.6. The van der Waals surface area contributed by atoms with E-state index in [1.165, 1.54) is 7.11 Å². The molecule has 1 aromatic heterocycles. The molecule has 0 aliphatic carbocycles. The van der Waals surface area contributed by atoms with Crippen molar-refractivity contribution in [3.8, 4) is 5.75 Å². The highest BCUT2D eigenvalue weighted by Crippen LogP contribution is 2.16. The fraction of sp³-hybridized carbons (Fsp3) is 0.182. The van der Waals surface area contributed by atoms with Crippen LogP contribution in [0.2, 0.25) is 0 Å². The van der Waals surface area contributed by atoms with Crippen LogP contribution in [-0.2, 0) is 9.53 Å². The maximum atomic E-state index is 10.9. The third-order valence-electron chi connectivity index (χ3n) is 2.03. The summed E-state index contributed by atoms with van der Waals surface area (Å²) in [5, 5.41) is 0. The van der Waals surface area contributed by atoms with Gasteiger partial charge in [-0.2, -0.15) is 0 Å². The van der Waals surface area contributed by atoms with E-state index in [0.717, 1.165) is 11.0 Å². The minimum absolute atomic E-state index is 0.109. The van der Waals surface area contributed by atoms with Gasteiger partial charge in [0, 0.05) is 18.5 Å². The van der Waals surface area contributed by atoms with Crippen LogP contribution in [0.15, 0.2) is 30.6 Å². The van der Waals surface area contributed by atoms with Gasteiger partial charge in [-0.1, -0.05) is 0 Å². The Morgan fingerprint density at radius 1 is 1.25 bits per heavy atom. The Morgan fingerprint density at radius 3 is 2.75 bits per heavy atom. The number of rotatable bonds is 3. The predicted molar refractivity (Wildman–Crippen MR) is 57.0 cm³/mol. The number of ether oxygens (including phenoxy) is 2. The number of hydrogen-bond acceptors (Lipinski definition) is 5. The average Bonchev–Trinajstić information content (AvgIpc) is 2.35. The second-order valence-electron chi connectivity index (χ2n) is 3.07. The zero-order valence-corrected chi connectivity index (χ0v) is 8.71. The number of carbonyl (C=O) groups excluding carboxylic acids is 1. The minimum atomic E-state index is -0.417. The first kappa shape index (κ1) is 10.4. The van der Waals surface area contributed by atoms with Gasteiger partial charge >= 0.3 is 5.97 Å². The molecule has 5 nitrogen and oxygen atoms in total. The number of aromatic nitrogens is 2. The van der Waals surface area contributed by atoms with Gasteiger partial charge in [0.1, 0.15) is 5.75 Å².